The molecule has 1 aliphatic rings. The van der Waals surface area contributed by atoms with Crippen LogP contribution in [0.25, 0.3) is 22.2 Å². The molecule has 2 aromatic carbocycles. The van der Waals surface area contributed by atoms with Gasteiger partial charge >= 0.3 is 0 Å². The topological polar surface area (TPSA) is 36.1 Å². The predicted octanol–water partition coefficient (Wildman–Crippen LogP) is 5.08. The Morgan fingerprint density at radius 2 is 1.85 bits per heavy atom. The molecule has 3 nitrogen and oxygen atoms in total. The van der Waals surface area contributed by atoms with Gasteiger partial charge in [0.25, 0.3) is 0 Å². The van der Waals surface area contributed by atoms with Crippen LogP contribution in [0.15, 0.2) is 53.3 Å². The summed E-state index contributed by atoms with van der Waals surface area (Å²) in [6, 6.07) is 15.6. The molecule has 0 amide bonds. The van der Waals surface area contributed by atoms with Gasteiger partial charge < -0.3 is 4.98 Å². The van der Waals surface area contributed by atoms with Crippen molar-refractivity contribution in [1.29, 1.82) is 0 Å². The molecule has 0 spiro atoms. The van der Waals surface area contributed by atoms with Crippen LogP contribution in [0.1, 0.15) is 25.3 Å². The molecule has 1 aromatic heterocycles. The van der Waals surface area contributed by atoms with Crippen molar-refractivity contribution in [2.75, 3.05) is 13.1 Å². The number of fused-ring (bicyclic) bond motifs is 1. The fraction of sp³-hybridized carbons (Fsp3) is 0.318. The lowest BCUT2D eigenvalue weighted by molar-refractivity contribution is 0.185. The maximum absolute atomic E-state index is 13.3. The van der Waals surface area contributed by atoms with E-state index in [9.17, 15) is 4.79 Å². The summed E-state index contributed by atoms with van der Waals surface area (Å²) in [7, 11) is 0. The lowest BCUT2D eigenvalue weighted by Crippen LogP contribution is -2.34. The number of halogens is 1. The van der Waals surface area contributed by atoms with Crippen molar-refractivity contribution in [3.05, 3.63) is 69.3 Å². The van der Waals surface area contributed by atoms with Gasteiger partial charge in [-0.2, -0.15) is 0 Å². The lowest BCUT2D eigenvalue weighted by Gasteiger charge is -2.30. The van der Waals surface area contributed by atoms with Crippen molar-refractivity contribution in [2.24, 2.45) is 5.92 Å². The highest BCUT2D eigenvalue weighted by Gasteiger charge is 2.20. The van der Waals surface area contributed by atoms with Crippen LogP contribution in [0.3, 0.4) is 0 Å². The highest BCUT2D eigenvalue weighted by Crippen LogP contribution is 2.26. The molecule has 1 aliphatic heterocycles. The molecule has 0 aliphatic carbocycles. The minimum Gasteiger partial charge on any atom is -0.354 e. The van der Waals surface area contributed by atoms with Crippen LogP contribution in [0.2, 0.25) is 5.02 Å². The van der Waals surface area contributed by atoms with Gasteiger partial charge in [0.15, 0.2) is 5.43 Å². The van der Waals surface area contributed by atoms with Crippen molar-refractivity contribution in [1.82, 2.24) is 9.88 Å². The van der Waals surface area contributed by atoms with Crippen LogP contribution in [-0.4, -0.2) is 23.0 Å². The van der Waals surface area contributed by atoms with Crippen LogP contribution in [0, 0.1) is 5.92 Å². The SMILES string of the molecule is CC1CCN(Cc2c(-c3ccccc3)[nH]c3ccc(Cl)cc3c2=O)CC1. The number of benzene rings is 2. The fourth-order valence-electron chi connectivity index (χ4n) is 3.75. The Bertz CT molecular complexity index is 973. The molecule has 3 aromatic rings. The van der Waals surface area contributed by atoms with Crippen LogP contribution in [0.5, 0.6) is 0 Å². The average Bonchev–Trinajstić information content (AvgIpc) is 2.66. The lowest BCUT2D eigenvalue weighted by atomic mass is 9.97. The third-order valence-electron chi connectivity index (χ3n) is 5.38. The number of piperidine rings is 1. The van der Waals surface area contributed by atoms with E-state index in [1.807, 2.05) is 30.3 Å². The Kier molecular flexibility index (Phi) is 4.84. The molecule has 4 rings (SSSR count). The number of pyridine rings is 1. The Morgan fingerprint density at radius 3 is 2.58 bits per heavy atom. The Labute approximate surface area is 158 Å². The van der Waals surface area contributed by atoms with Gasteiger partial charge in [0, 0.05) is 28.0 Å². The van der Waals surface area contributed by atoms with E-state index < -0.39 is 0 Å². The molecular formula is C22H23ClN2O. The van der Waals surface area contributed by atoms with Gasteiger partial charge in [0.1, 0.15) is 0 Å². The number of aromatic amines is 1. The van der Waals surface area contributed by atoms with E-state index in [0.29, 0.717) is 17.0 Å². The van der Waals surface area contributed by atoms with Crippen LogP contribution in [-0.2, 0) is 6.54 Å². The first-order chi connectivity index (χ1) is 12.6. The van der Waals surface area contributed by atoms with Gasteiger partial charge in [0.2, 0.25) is 0 Å². The minimum atomic E-state index is 0.0822. The molecule has 134 valence electrons. The average molecular weight is 367 g/mol. The summed E-state index contributed by atoms with van der Waals surface area (Å²) in [6.45, 7) is 5.07. The Balaban J connectivity index is 1.85. The van der Waals surface area contributed by atoms with Crippen molar-refractivity contribution < 1.29 is 0 Å². The molecule has 26 heavy (non-hydrogen) atoms. The summed E-state index contributed by atoms with van der Waals surface area (Å²) in [5.74, 6) is 0.772. The maximum atomic E-state index is 13.3. The van der Waals surface area contributed by atoms with Crippen LogP contribution < -0.4 is 5.43 Å². The molecule has 0 radical (unpaired) electrons. The van der Waals surface area contributed by atoms with Crippen molar-refractivity contribution >= 4 is 22.5 Å². The summed E-state index contributed by atoms with van der Waals surface area (Å²) in [5, 5.41) is 1.26. The normalized spacial score (nSPS) is 16.2. The first kappa shape index (κ1) is 17.3. The van der Waals surface area contributed by atoms with Gasteiger partial charge in [-0.3, -0.25) is 9.69 Å². The van der Waals surface area contributed by atoms with Crippen LogP contribution in [0.4, 0.5) is 0 Å². The third-order valence-corrected chi connectivity index (χ3v) is 5.62. The van der Waals surface area contributed by atoms with Gasteiger partial charge in [0.05, 0.1) is 5.69 Å². The molecule has 0 bridgehead atoms. The molecule has 1 saturated heterocycles. The van der Waals surface area contributed by atoms with Gasteiger partial charge in [-0.1, -0.05) is 48.9 Å². The second kappa shape index (κ2) is 7.26. The monoisotopic (exact) mass is 366 g/mol. The molecule has 0 saturated carbocycles. The van der Waals surface area contributed by atoms with E-state index in [-0.39, 0.29) is 5.43 Å². The summed E-state index contributed by atoms with van der Waals surface area (Å²) >= 11 is 6.14. The van der Waals surface area contributed by atoms with Crippen molar-refractivity contribution in [3.8, 4) is 11.3 Å². The summed E-state index contributed by atoms with van der Waals surface area (Å²) in [4.78, 5) is 19.2. The van der Waals surface area contributed by atoms with Gasteiger partial charge in [-0.25, -0.2) is 0 Å². The molecule has 1 N–H and O–H groups in total. The van der Waals surface area contributed by atoms with Gasteiger partial charge in [-0.15, -0.1) is 0 Å². The largest absolute Gasteiger partial charge is 0.354 e. The van der Waals surface area contributed by atoms with E-state index in [2.05, 4.69) is 28.9 Å². The second-order valence-corrected chi connectivity index (χ2v) is 7.76. The molecule has 0 unspecified atom stereocenters. The third kappa shape index (κ3) is 3.42. The van der Waals surface area contributed by atoms with Crippen molar-refractivity contribution in [3.63, 3.8) is 0 Å². The molecule has 4 heteroatoms. The zero-order valence-electron chi connectivity index (χ0n) is 15.0. The predicted molar refractivity (Wildman–Crippen MR) is 109 cm³/mol. The zero-order chi connectivity index (χ0) is 18.1. The summed E-state index contributed by atoms with van der Waals surface area (Å²) in [5.41, 5.74) is 3.71. The Morgan fingerprint density at radius 1 is 1.12 bits per heavy atom. The Hall–Kier alpha value is -2.10. The number of nitrogens with zero attached hydrogens (tertiary/aromatic N) is 1. The summed E-state index contributed by atoms with van der Waals surface area (Å²) in [6.07, 6.45) is 2.38. The fourth-order valence-corrected chi connectivity index (χ4v) is 3.92. The van der Waals surface area contributed by atoms with E-state index in [1.165, 1.54) is 12.8 Å². The summed E-state index contributed by atoms with van der Waals surface area (Å²) < 4.78 is 0. The number of aromatic nitrogens is 1. The number of nitrogens with one attached hydrogen (secondary N) is 1. The van der Waals surface area contributed by atoms with Crippen molar-refractivity contribution in [2.45, 2.75) is 26.3 Å². The van der Waals surface area contributed by atoms with Gasteiger partial charge in [-0.05, 0) is 55.6 Å². The minimum absolute atomic E-state index is 0.0822. The zero-order valence-corrected chi connectivity index (χ0v) is 15.7. The second-order valence-electron chi connectivity index (χ2n) is 7.32. The first-order valence-corrected chi connectivity index (χ1v) is 9.62. The number of rotatable bonds is 3. The number of hydrogen-bond donors (Lipinski definition) is 1. The highest BCUT2D eigenvalue weighted by atomic mass is 35.5. The van der Waals surface area contributed by atoms with E-state index >= 15 is 0 Å². The maximum Gasteiger partial charge on any atom is 0.194 e. The molecule has 2 heterocycles. The van der Waals surface area contributed by atoms with E-state index in [0.717, 1.165) is 41.3 Å². The smallest absolute Gasteiger partial charge is 0.194 e. The number of hydrogen-bond acceptors (Lipinski definition) is 2. The number of likely N-dealkylation sites (tertiary alicyclic amines) is 1. The molecule has 0 atom stereocenters. The first-order valence-electron chi connectivity index (χ1n) is 9.24. The molecular weight excluding hydrogens is 344 g/mol. The van der Waals surface area contributed by atoms with Crippen LogP contribution >= 0.6 is 11.6 Å². The molecule has 1 fully saturated rings. The quantitative estimate of drug-likeness (QED) is 0.701. The standard InChI is InChI=1S/C22H23ClN2O/c1-15-9-11-25(12-10-15)14-19-21(16-5-3-2-4-6-16)24-20-8-7-17(23)13-18(20)22(19)26/h2-8,13,15H,9-12,14H2,1H3,(H,24,26). The van der Waals surface area contributed by atoms with E-state index in [4.69, 9.17) is 11.6 Å². The highest BCUT2D eigenvalue weighted by molar-refractivity contribution is 6.31. The van der Waals surface area contributed by atoms with E-state index in [1.54, 1.807) is 6.07 Å². The number of H-pyrrole nitrogens is 1.